The Bertz CT molecular complexity index is 765. The smallest absolute Gasteiger partial charge is 0.266 e. The normalized spacial score (nSPS) is 19.2. The summed E-state index contributed by atoms with van der Waals surface area (Å²) in [7, 11) is 0. The molecule has 1 amide bonds. The predicted molar refractivity (Wildman–Crippen MR) is 104 cm³/mol. The second-order valence-electron chi connectivity index (χ2n) is 7.91. The Morgan fingerprint density at radius 3 is 2.67 bits per heavy atom. The molecule has 0 N–H and O–H groups in total. The van der Waals surface area contributed by atoms with E-state index in [1.165, 1.54) is 5.56 Å². The number of piperidine rings is 1. The van der Waals surface area contributed by atoms with Gasteiger partial charge in [0.05, 0.1) is 0 Å². The van der Waals surface area contributed by atoms with Crippen molar-refractivity contribution >= 4 is 11.9 Å². The molecule has 1 spiro atoms. The highest BCUT2D eigenvalue weighted by molar-refractivity contribution is 5.79. The summed E-state index contributed by atoms with van der Waals surface area (Å²) in [6.45, 7) is 5.57. The van der Waals surface area contributed by atoms with Crippen molar-refractivity contribution in [1.82, 2.24) is 15.0 Å². The summed E-state index contributed by atoms with van der Waals surface area (Å²) in [5.41, 5.74) is 1.48. The van der Waals surface area contributed by atoms with Gasteiger partial charge in [-0.3, -0.25) is 4.79 Å². The molecule has 0 radical (unpaired) electrons. The first-order chi connectivity index (χ1) is 13.2. The number of anilines is 1. The number of aryl methyl sites for hydroxylation is 2. The van der Waals surface area contributed by atoms with Crippen LogP contribution in [0.4, 0.5) is 5.95 Å². The Kier molecular flexibility index (Phi) is 5.14. The second-order valence-corrected chi connectivity index (χ2v) is 7.91. The summed E-state index contributed by atoms with van der Waals surface area (Å²) in [6.07, 6.45) is 5.55. The zero-order chi connectivity index (χ0) is 18.7. The number of aromatic nitrogens is 2. The fourth-order valence-electron chi connectivity index (χ4n) is 4.34. The quantitative estimate of drug-likeness (QED) is 0.784. The van der Waals surface area contributed by atoms with Gasteiger partial charge in [0.1, 0.15) is 0 Å². The molecule has 0 unspecified atom stereocenters. The number of amides is 1. The summed E-state index contributed by atoms with van der Waals surface area (Å²) in [5.74, 6) is 1.71. The minimum atomic E-state index is 0.137. The van der Waals surface area contributed by atoms with Crippen LogP contribution in [0, 0.1) is 5.41 Å². The fourth-order valence-corrected chi connectivity index (χ4v) is 4.34. The third kappa shape index (κ3) is 3.99. The van der Waals surface area contributed by atoms with E-state index in [1.807, 2.05) is 13.0 Å². The number of benzene rings is 1. The highest BCUT2D eigenvalue weighted by Crippen LogP contribution is 2.41. The van der Waals surface area contributed by atoms with Gasteiger partial charge in [0.15, 0.2) is 0 Å². The van der Waals surface area contributed by atoms with Gasteiger partial charge in [-0.05, 0) is 36.4 Å². The molecule has 2 aliphatic rings. The molecule has 0 aliphatic carbocycles. The van der Waals surface area contributed by atoms with E-state index in [1.54, 1.807) is 0 Å². The first kappa shape index (κ1) is 18.0. The van der Waals surface area contributed by atoms with E-state index in [0.717, 1.165) is 58.3 Å². The predicted octanol–water partition coefficient (Wildman–Crippen LogP) is 3.08. The van der Waals surface area contributed by atoms with Gasteiger partial charge in [-0.25, -0.2) is 0 Å². The van der Waals surface area contributed by atoms with Gasteiger partial charge < -0.3 is 14.3 Å². The summed E-state index contributed by atoms with van der Waals surface area (Å²) in [5, 5.41) is 4.09. The lowest BCUT2D eigenvalue weighted by Crippen LogP contribution is -2.42. The number of rotatable bonds is 6. The number of carbonyl (C=O) groups excluding carboxylic acids is 1. The Balaban J connectivity index is 1.28. The van der Waals surface area contributed by atoms with Crippen molar-refractivity contribution in [3.05, 3.63) is 41.8 Å². The third-order valence-corrected chi connectivity index (χ3v) is 6.01. The van der Waals surface area contributed by atoms with Gasteiger partial charge in [-0.15, -0.1) is 0 Å². The molecule has 144 valence electrons. The van der Waals surface area contributed by atoms with E-state index in [2.05, 4.69) is 44.2 Å². The molecule has 2 fully saturated rings. The average Bonchev–Trinajstić information content (AvgIpc) is 3.29. The molecule has 0 saturated carbocycles. The Hall–Kier alpha value is -2.37. The van der Waals surface area contributed by atoms with Gasteiger partial charge in [0, 0.05) is 44.4 Å². The Morgan fingerprint density at radius 1 is 1.19 bits per heavy atom. The molecule has 27 heavy (non-hydrogen) atoms. The van der Waals surface area contributed by atoms with E-state index in [9.17, 15) is 4.79 Å². The second kappa shape index (κ2) is 7.71. The minimum absolute atomic E-state index is 0.137. The van der Waals surface area contributed by atoms with Gasteiger partial charge in [-0.1, -0.05) is 37.3 Å². The number of hydrogen-bond acceptors (Lipinski definition) is 5. The summed E-state index contributed by atoms with van der Waals surface area (Å²) >= 11 is 0. The maximum atomic E-state index is 12.6. The van der Waals surface area contributed by atoms with Crippen LogP contribution < -0.4 is 4.90 Å². The molecule has 2 saturated heterocycles. The van der Waals surface area contributed by atoms with Gasteiger partial charge in [0.2, 0.25) is 11.8 Å². The fraction of sp³-hybridized carbons (Fsp3) is 0.571. The molecule has 3 heterocycles. The summed E-state index contributed by atoms with van der Waals surface area (Å²) in [6, 6.07) is 10.5. The zero-order valence-corrected chi connectivity index (χ0v) is 16.1. The highest BCUT2D eigenvalue weighted by atomic mass is 16.5. The minimum Gasteiger partial charge on any atom is -0.342 e. The van der Waals surface area contributed by atoms with Crippen LogP contribution in [0.15, 0.2) is 34.9 Å². The number of hydrogen-bond donors (Lipinski definition) is 0. The summed E-state index contributed by atoms with van der Waals surface area (Å²) in [4.78, 5) is 21.3. The van der Waals surface area contributed by atoms with Crippen molar-refractivity contribution in [2.24, 2.45) is 5.41 Å². The number of carbonyl (C=O) groups is 1. The molecule has 1 aromatic carbocycles. The first-order valence-electron chi connectivity index (χ1n) is 10.1. The van der Waals surface area contributed by atoms with E-state index in [-0.39, 0.29) is 5.41 Å². The van der Waals surface area contributed by atoms with E-state index >= 15 is 0 Å². The standard InChI is InChI=1S/C21H28N4O2/c1-2-18-22-20(23-27-18)24-13-10-21(11-14-24)15-19(26)25(16-21)12-6-9-17-7-4-3-5-8-17/h3-5,7-8H,2,6,9-16H2,1H3. The van der Waals surface area contributed by atoms with Crippen LogP contribution in [-0.2, 0) is 17.6 Å². The van der Waals surface area contributed by atoms with E-state index in [4.69, 9.17) is 4.52 Å². The molecule has 4 rings (SSSR count). The SMILES string of the molecule is CCc1nc(N2CCC3(CC2)CC(=O)N(CCCc2ccccc2)C3)no1. The topological polar surface area (TPSA) is 62.5 Å². The van der Waals surface area contributed by atoms with Crippen LogP contribution in [0.3, 0.4) is 0 Å². The molecular formula is C21H28N4O2. The van der Waals surface area contributed by atoms with Crippen LogP contribution in [0.1, 0.15) is 44.1 Å². The van der Waals surface area contributed by atoms with Crippen LogP contribution in [-0.4, -0.2) is 47.1 Å². The van der Waals surface area contributed by atoms with Crippen LogP contribution in [0.25, 0.3) is 0 Å². The van der Waals surface area contributed by atoms with Crippen molar-refractivity contribution in [2.75, 3.05) is 31.1 Å². The van der Waals surface area contributed by atoms with Crippen LogP contribution in [0.2, 0.25) is 0 Å². The molecule has 0 atom stereocenters. The lowest BCUT2D eigenvalue weighted by atomic mass is 9.77. The van der Waals surface area contributed by atoms with E-state index < -0.39 is 0 Å². The van der Waals surface area contributed by atoms with Crippen LogP contribution in [0.5, 0.6) is 0 Å². The zero-order valence-electron chi connectivity index (χ0n) is 16.1. The molecule has 6 nitrogen and oxygen atoms in total. The largest absolute Gasteiger partial charge is 0.342 e. The number of nitrogens with zero attached hydrogens (tertiary/aromatic N) is 4. The Labute approximate surface area is 160 Å². The monoisotopic (exact) mass is 368 g/mol. The third-order valence-electron chi connectivity index (χ3n) is 6.01. The van der Waals surface area contributed by atoms with Crippen LogP contribution >= 0.6 is 0 Å². The van der Waals surface area contributed by atoms with Crippen molar-refractivity contribution in [3.8, 4) is 0 Å². The lowest BCUT2D eigenvalue weighted by molar-refractivity contribution is -0.127. The molecular weight excluding hydrogens is 340 g/mol. The molecule has 6 heteroatoms. The summed E-state index contributed by atoms with van der Waals surface area (Å²) < 4.78 is 5.23. The molecule has 1 aromatic heterocycles. The lowest BCUT2D eigenvalue weighted by Gasteiger charge is -2.38. The maximum Gasteiger partial charge on any atom is 0.266 e. The highest BCUT2D eigenvalue weighted by Gasteiger charge is 2.45. The molecule has 0 bridgehead atoms. The molecule has 2 aromatic rings. The maximum absolute atomic E-state index is 12.6. The van der Waals surface area contributed by atoms with E-state index in [0.29, 0.717) is 24.2 Å². The molecule has 2 aliphatic heterocycles. The van der Waals surface area contributed by atoms with Gasteiger partial charge >= 0.3 is 0 Å². The van der Waals surface area contributed by atoms with Crippen molar-refractivity contribution in [2.45, 2.75) is 45.4 Å². The Morgan fingerprint density at radius 2 is 1.96 bits per heavy atom. The van der Waals surface area contributed by atoms with Gasteiger partial charge in [0.25, 0.3) is 5.95 Å². The first-order valence-corrected chi connectivity index (χ1v) is 10.1. The van der Waals surface area contributed by atoms with Crippen molar-refractivity contribution in [3.63, 3.8) is 0 Å². The average molecular weight is 368 g/mol. The van der Waals surface area contributed by atoms with Gasteiger partial charge in [-0.2, -0.15) is 4.98 Å². The van der Waals surface area contributed by atoms with Crippen molar-refractivity contribution < 1.29 is 9.32 Å². The number of likely N-dealkylation sites (tertiary alicyclic amines) is 1. The van der Waals surface area contributed by atoms with Crippen molar-refractivity contribution in [1.29, 1.82) is 0 Å².